The highest BCUT2D eigenvalue weighted by atomic mass is 32.1. The molecule has 8 nitrogen and oxygen atoms in total. The normalized spacial score (nSPS) is 14.4. The van der Waals surface area contributed by atoms with Crippen molar-refractivity contribution in [2.75, 3.05) is 12.4 Å². The molecule has 1 aliphatic carbocycles. The van der Waals surface area contributed by atoms with Crippen LogP contribution in [0.25, 0.3) is 0 Å². The van der Waals surface area contributed by atoms with Gasteiger partial charge in [0.2, 0.25) is 0 Å². The number of aromatic nitrogens is 2. The van der Waals surface area contributed by atoms with Crippen molar-refractivity contribution < 1.29 is 24.2 Å². The first-order valence-electron chi connectivity index (χ1n) is 8.23. The quantitative estimate of drug-likeness (QED) is 0.775. The van der Waals surface area contributed by atoms with Gasteiger partial charge in [-0.1, -0.05) is 0 Å². The van der Waals surface area contributed by atoms with Crippen LogP contribution in [0.15, 0.2) is 12.4 Å². The van der Waals surface area contributed by atoms with E-state index in [0.717, 1.165) is 36.1 Å². The molecular weight excluding hydrogens is 358 g/mol. The minimum Gasteiger partial charge on any atom is -0.480 e. The van der Waals surface area contributed by atoms with E-state index in [1.807, 2.05) is 0 Å². The lowest BCUT2D eigenvalue weighted by molar-refractivity contribution is -0.140. The molecule has 1 unspecified atom stereocenters. The number of carbonyl (C=O) groups excluding carboxylic acids is 2. The first-order valence-corrected chi connectivity index (χ1v) is 9.05. The Bertz CT molecular complexity index is 870. The topological polar surface area (TPSA) is 111 Å². The third-order valence-electron chi connectivity index (χ3n) is 4.41. The average molecular weight is 377 g/mol. The van der Waals surface area contributed by atoms with Crippen LogP contribution in [0.2, 0.25) is 0 Å². The molecule has 0 radical (unpaired) electrons. The fraction of sp³-hybridized carbons (Fsp3) is 0.412. The number of ether oxygens (including phenoxy) is 1. The molecule has 9 heteroatoms. The number of esters is 1. The first kappa shape index (κ1) is 18.1. The van der Waals surface area contributed by atoms with Gasteiger partial charge >= 0.3 is 11.9 Å². The van der Waals surface area contributed by atoms with E-state index in [1.165, 1.54) is 42.4 Å². The standard InChI is InChI=1S/C17H19N3O5S/c1-9(16(22)23)20-8-10(7-18-20)14(21)19-15-13(17(24)25-2)11-5-3-4-6-12(11)26-15/h7-9H,3-6H2,1-2H3,(H,19,21)(H,22,23). The predicted octanol–water partition coefficient (Wildman–Crippen LogP) is 2.51. The second-order valence-electron chi connectivity index (χ2n) is 6.08. The van der Waals surface area contributed by atoms with Crippen LogP contribution in [0.3, 0.4) is 0 Å². The van der Waals surface area contributed by atoms with Crippen LogP contribution in [0.5, 0.6) is 0 Å². The summed E-state index contributed by atoms with van der Waals surface area (Å²) in [6, 6.07) is -0.878. The molecule has 1 aliphatic rings. The van der Waals surface area contributed by atoms with Crippen LogP contribution < -0.4 is 5.32 Å². The van der Waals surface area contributed by atoms with Gasteiger partial charge < -0.3 is 15.2 Å². The maximum atomic E-state index is 12.5. The van der Waals surface area contributed by atoms with E-state index in [-0.39, 0.29) is 5.56 Å². The van der Waals surface area contributed by atoms with Crippen LogP contribution in [0.4, 0.5) is 5.00 Å². The number of carbonyl (C=O) groups is 3. The molecule has 2 N–H and O–H groups in total. The molecule has 0 aliphatic heterocycles. The number of aryl methyl sites for hydroxylation is 1. The molecule has 0 saturated carbocycles. The summed E-state index contributed by atoms with van der Waals surface area (Å²) in [5.41, 5.74) is 1.60. The lowest BCUT2D eigenvalue weighted by Gasteiger charge is -2.11. The Morgan fingerprint density at radius 1 is 1.35 bits per heavy atom. The summed E-state index contributed by atoms with van der Waals surface area (Å²) < 4.78 is 6.09. The van der Waals surface area contributed by atoms with Crippen molar-refractivity contribution in [2.24, 2.45) is 0 Å². The lowest BCUT2D eigenvalue weighted by atomic mass is 9.95. The third-order valence-corrected chi connectivity index (χ3v) is 5.61. The summed E-state index contributed by atoms with van der Waals surface area (Å²) in [4.78, 5) is 36.9. The zero-order chi connectivity index (χ0) is 18.8. The van der Waals surface area contributed by atoms with Gasteiger partial charge in [-0.15, -0.1) is 11.3 Å². The van der Waals surface area contributed by atoms with E-state index in [4.69, 9.17) is 9.84 Å². The van der Waals surface area contributed by atoms with Gasteiger partial charge in [-0.05, 0) is 38.2 Å². The molecule has 0 saturated heterocycles. The molecule has 2 heterocycles. The number of thiophene rings is 1. The lowest BCUT2D eigenvalue weighted by Crippen LogP contribution is -2.16. The van der Waals surface area contributed by atoms with Crippen molar-refractivity contribution in [3.8, 4) is 0 Å². The van der Waals surface area contributed by atoms with Gasteiger partial charge in [0.05, 0.1) is 24.4 Å². The molecule has 2 aromatic rings. The fourth-order valence-electron chi connectivity index (χ4n) is 2.93. The van der Waals surface area contributed by atoms with Crippen LogP contribution in [0, 0.1) is 0 Å². The van der Waals surface area contributed by atoms with Gasteiger partial charge in [0.1, 0.15) is 11.0 Å². The van der Waals surface area contributed by atoms with E-state index < -0.39 is 23.9 Å². The molecule has 3 rings (SSSR count). The van der Waals surface area contributed by atoms with Crippen molar-refractivity contribution in [3.63, 3.8) is 0 Å². The molecule has 1 amide bonds. The van der Waals surface area contributed by atoms with Crippen molar-refractivity contribution >= 4 is 34.2 Å². The smallest absolute Gasteiger partial charge is 0.341 e. The zero-order valence-corrected chi connectivity index (χ0v) is 15.3. The number of rotatable bonds is 5. The van der Waals surface area contributed by atoms with Crippen molar-refractivity contribution in [2.45, 2.75) is 38.6 Å². The van der Waals surface area contributed by atoms with Crippen molar-refractivity contribution in [1.82, 2.24) is 9.78 Å². The Balaban J connectivity index is 1.87. The first-order chi connectivity index (χ1) is 12.4. The monoisotopic (exact) mass is 377 g/mol. The van der Waals surface area contributed by atoms with Gasteiger partial charge in [-0.2, -0.15) is 5.10 Å². The summed E-state index contributed by atoms with van der Waals surface area (Å²) in [6.45, 7) is 1.47. The second-order valence-corrected chi connectivity index (χ2v) is 7.19. The van der Waals surface area contributed by atoms with Crippen molar-refractivity contribution in [1.29, 1.82) is 0 Å². The van der Waals surface area contributed by atoms with Crippen LogP contribution >= 0.6 is 11.3 Å². The molecule has 0 bridgehead atoms. The summed E-state index contributed by atoms with van der Waals surface area (Å²) in [7, 11) is 1.32. The maximum Gasteiger partial charge on any atom is 0.341 e. The van der Waals surface area contributed by atoms with Crippen LogP contribution in [-0.4, -0.2) is 39.8 Å². The third kappa shape index (κ3) is 3.34. The van der Waals surface area contributed by atoms with E-state index >= 15 is 0 Å². The number of aliphatic carboxylic acids is 1. The SMILES string of the molecule is COC(=O)c1c(NC(=O)c2cnn(C(C)C(=O)O)c2)sc2c1CCCC2. The summed E-state index contributed by atoms with van der Waals surface area (Å²) in [5.74, 6) is -1.95. The van der Waals surface area contributed by atoms with Gasteiger partial charge in [-0.3, -0.25) is 9.48 Å². The highest BCUT2D eigenvalue weighted by molar-refractivity contribution is 7.17. The van der Waals surface area contributed by atoms with Gasteiger partial charge in [-0.25, -0.2) is 9.59 Å². The van der Waals surface area contributed by atoms with E-state index in [0.29, 0.717) is 10.6 Å². The summed E-state index contributed by atoms with van der Waals surface area (Å²) in [6.07, 6.45) is 6.41. The number of amides is 1. The largest absolute Gasteiger partial charge is 0.480 e. The van der Waals surface area contributed by atoms with Crippen molar-refractivity contribution in [3.05, 3.63) is 34.0 Å². The molecule has 138 valence electrons. The Morgan fingerprint density at radius 2 is 2.08 bits per heavy atom. The molecule has 0 spiro atoms. The molecular formula is C17H19N3O5S. The number of nitrogens with zero attached hydrogens (tertiary/aromatic N) is 2. The number of hydrogen-bond acceptors (Lipinski definition) is 6. The van der Waals surface area contributed by atoms with Crippen LogP contribution in [0.1, 0.15) is 57.0 Å². The van der Waals surface area contributed by atoms with Gasteiger partial charge in [0.25, 0.3) is 5.91 Å². The Morgan fingerprint density at radius 3 is 2.77 bits per heavy atom. The van der Waals surface area contributed by atoms with Gasteiger partial charge in [0.15, 0.2) is 0 Å². The second kappa shape index (κ2) is 7.28. The number of fused-ring (bicyclic) bond motifs is 1. The van der Waals surface area contributed by atoms with E-state index in [9.17, 15) is 14.4 Å². The Kier molecular flexibility index (Phi) is 5.08. The number of anilines is 1. The summed E-state index contributed by atoms with van der Waals surface area (Å²) in [5, 5.41) is 16.2. The molecule has 0 aromatic carbocycles. The van der Waals surface area contributed by atoms with E-state index in [1.54, 1.807) is 0 Å². The highest BCUT2D eigenvalue weighted by Gasteiger charge is 2.27. The number of hydrogen-bond donors (Lipinski definition) is 2. The fourth-order valence-corrected chi connectivity index (χ4v) is 4.20. The number of carboxylic acids is 1. The number of nitrogens with one attached hydrogen (secondary N) is 1. The molecule has 2 aromatic heterocycles. The average Bonchev–Trinajstić information content (AvgIpc) is 3.25. The highest BCUT2D eigenvalue weighted by Crippen LogP contribution is 2.38. The molecule has 0 fully saturated rings. The zero-order valence-electron chi connectivity index (χ0n) is 14.4. The number of methoxy groups -OCH3 is 1. The molecule has 1 atom stereocenters. The van der Waals surface area contributed by atoms with Crippen LogP contribution in [-0.2, 0) is 22.4 Å². The van der Waals surface area contributed by atoms with E-state index in [2.05, 4.69) is 10.4 Å². The minimum atomic E-state index is -1.04. The number of carboxylic acid groups (broad SMARTS) is 1. The predicted molar refractivity (Wildman–Crippen MR) is 94.8 cm³/mol. The minimum absolute atomic E-state index is 0.222. The molecule has 26 heavy (non-hydrogen) atoms. The Hall–Kier alpha value is -2.68. The maximum absolute atomic E-state index is 12.5. The summed E-state index contributed by atoms with van der Waals surface area (Å²) >= 11 is 1.39. The van der Waals surface area contributed by atoms with Gasteiger partial charge in [0, 0.05) is 11.1 Å². The Labute approximate surface area is 153 Å².